The molecule has 0 aliphatic rings. The van der Waals surface area contributed by atoms with Crippen molar-refractivity contribution in [3.63, 3.8) is 0 Å². The van der Waals surface area contributed by atoms with E-state index in [-0.39, 0.29) is 5.91 Å². The third-order valence-electron chi connectivity index (χ3n) is 3.56. The summed E-state index contributed by atoms with van der Waals surface area (Å²) in [7, 11) is 0. The molecule has 0 unspecified atom stereocenters. The third kappa shape index (κ3) is 6.60. The van der Waals surface area contributed by atoms with E-state index in [1.807, 2.05) is 6.07 Å². The van der Waals surface area contributed by atoms with Gasteiger partial charge < -0.3 is 10.6 Å². The molecule has 0 aromatic heterocycles. The van der Waals surface area contributed by atoms with Crippen molar-refractivity contribution in [3.8, 4) is 0 Å². The SMILES string of the molecule is CCCCCCCNC(=O)CNc1ccc(C)c(C)c1. The molecule has 0 spiro atoms. The molecule has 1 aromatic rings. The van der Waals surface area contributed by atoms with E-state index >= 15 is 0 Å². The van der Waals surface area contributed by atoms with Crippen molar-refractivity contribution in [2.75, 3.05) is 18.4 Å². The van der Waals surface area contributed by atoms with Crippen molar-refractivity contribution in [3.05, 3.63) is 29.3 Å². The van der Waals surface area contributed by atoms with Gasteiger partial charge in [-0.15, -0.1) is 0 Å². The summed E-state index contributed by atoms with van der Waals surface area (Å²) in [5, 5.41) is 6.12. The quantitative estimate of drug-likeness (QED) is 0.674. The van der Waals surface area contributed by atoms with Crippen LogP contribution in [-0.4, -0.2) is 19.0 Å². The minimum absolute atomic E-state index is 0.0683. The molecule has 0 atom stereocenters. The number of anilines is 1. The zero-order valence-electron chi connectivity index (χ0n) is 13.1. The first-order valence-electron chi connectivity index (χ1n) is 7.71. The number of amides is 1. The first kappa shape index (κ1) is 16.5. The Hall–Kier alpha value is -1.51. The highest BCUT2D eigenvalue weighted by Gasteiger charge is 2.01. The molecular formula is C17H28N2O. The van der Waals surface area contributed by atoms with E-state index in [0.29, 0.717) is 6.54 Å². The molecule has 3 heteroatoms. The van der Waals surface area contributed by atoms with E-state index in [1.54, 1.807) is 0 Å². The zero-order valence-corrected chi connectivity index (χ0v) is 13.1. The lowest BCUT2D eigenvalue weighted by molar-refractivity contribution is -0.119. The normalized spacial score (nSPS) is 10.3. The van der Waals surface area contributed by atoms with Crippen molar-refractivity contribution < 1.29 is 4.79 Å². The number of unbranched alkanes of at least 4 members (excludes halogenated alkanes) is 4. The molecule has 1 rings (SSSR count). The third-order valence-corrected chi connectivity index (χ3v) is 3.56. The molecule has 1 aromatic carbocycles. The molecule has 0 aliphatic heterocycles. The zero-order chi connectivity index (χ0) is 14.8. The van der Waals surface area contributed by atoms with Crippen molar-refractivity contribution >= 4 is 11.6 Å². The summed E-state index contributed by atoms with van der Waals surface area (Å²) in [6.07, 6.45) is 6.11. The highest BCUT2D eigenvalue weighted by atomic mass is 16.1. The van der Waals surface area contributed by atoms with Crippen LogP contribution in [0.15, 0.2) is 18.2 Å². The molecule has 3 nitrogen and oxygen atoms in total. The van der Waals surface area contributed by atoms with Crippen LogP contribution >= 0.6 is 0 Å². The van der Waals surface area contributed by atoms with E-state index in [0.717, 1.165) is 18.7 Å². The van der Waals surface area contributed by atoms with Gasteiger partial charge >= 0.3 is 0 Å². The number of hydrogen-bond donors (Lipinski definition) is 2. The summed E-state index contributed by atoms with van der Waals surface area (Å²) >= 11 is 0. The Bertz CT molecular complexity index is 415. The summed E-state index contributed by atoms with van der Waals surface area (Å²) in [4.78, 5) is 11.7. The second-order valence-corrected chi connectivity index (χ2v) is 5.42. The summed E-state index contributed by atoms with van der Waals surface area (Å²) in [5.74, 6) is 0.0683. The first-order chi connectivity index (χ1) is 9.63. The largest absolute Gasteiger partial charge is 0.376 e. The highest BCUT2D eigenvalue weighted by Crippen LogP contribution is 2.13. The monoisotopic (exact) mass is 276 g/mol. The highest BCUT2D eigenvalue weighted by molar-refractivity contribution is 5.80. The Morgan fingerprint density at radius 2 is 1.80 bits per heavy atom. The van der Waals surface area contributed by atoms with Crippen molar-refractivity contribution in [2.24, 2.45) is 0 Å². The second kappa shape index (κ2) is 9.40. The van der Waals surface area contributed by atoms with E-state index in [9.17, 15) is 4.79 Å². The topological polar surface area (TPSA) is 41.1 Å². The van der Waals surface area contributed by atoms with Crippen LogP contribution in [0.25, 0.3) is 0 Å². The average molecular weight is 276 g/mol. The van der Waals surface area contributed by atoms with Crippen LogP contribution in [0.5, 0.6) is 0 Å². The molecule has 20 heavy (non-hydrogen) atoms. The van der Waals surface area contributed by atoms with Gasteiger partial charge in [0.1, 0.15) is 0 Å². The first-order valence-corrected chi connectivity index (χ1v) is 7.71. The summed E-state index contributed by atoms with van der Waals surface area (Å²) < 4.78 is 0. The van der Waals surface area contributed by atoms with Crippen LogP contribution in [0.2, 0.25) is 0 Å². The Labute approximate surface area is 123 Å². The number of aryl methyl sites for hydroxylation is 2. The van der Waals surface area contributed by atoms with Gasteiger partial charge in [0, 0.05) is 12.2 Å². The number of rotatable bonds is 9. The smallest absolute Gasteiger partial charge is 0.239 e. The fourth-order valence-corrected chi connectivity index (χ4v) is 2.05. The Kier molecular flexibility index (Phi) is 7.78. The van der Waals surface area contributed by atoms with Crippen LogP contribution in [0, 0.1) is 13.8 Å². The second-order valence-electron chi connectivity index (χ2n) is 5.42. The molecule has 0 aliphatic carbocycles. The van der Waals surface area contributed by atoms with Crippen LogP contribution < -0.4 is 10.6 Å². The predicted octanol–water partition coefficient (Wildman–Crippen LogP) is 3.80. The van der Waals surface area contributed by atoms with Crippen molar-refractivity contribution in [1.82, 2.24) is 5.32 Å². The number of hydrogen-bond acceptors (Lipinski definition) is 2. The summed E-state index contributed by atoms with van der Waals surface area (Å²) in [6, 6.07) is 6.16. The summed E-state index contributed by atoms with van der Waals surface area (Å²) in [6.45, 7) is 7.51. The maximum Gasteiger partial charge on any atom is 0.239 e. The molecule has 0 bridgehead atoms. The summed E-state index contributed by atoms with van der Waals surface area (Å²) in [5.41, 5.74) is 3.52. The van der Waals surface area contributed by atoms with Crippen LogP contribution in [0.4, 0.5) is 5.69 Å². The van der Waals surface area contributed by atoms with E-state index in [2.05, 4.69) is 43.5 Å². The minimum atomic E-state index is 0.0683. The van der Waals surface area contributed by atoms with Gasteiger partial charge in [-0.1, -0.05) is 38.7 Å². The lowest BCUT2D eigenvalue weighted by Crippen LogP contribution is -2.30. The number of carbonyl (C=O) groups is 1. The molecule has 0 heterocycles. The number of nitrogens with one attached hydrogen (secondary N) is 2. The Balaban J connectivity index is 2.15. The van der Waals surface area contributed by atoms with Crippen LogP contribution in [0.1, 0.15) is 50.2 Å². The van der Waals surface area contributed by atoms with Gasteiger partial charge in [0.2, 0.25) is 5.91 Å². The van der Waals surface area contributed by atoms with Gasteiger partial charge in [0.15, 0.2) is 0 Å². The molecule has 0 fully saturated rings. The molecule has 0 saturated heterocycles. The molecule has 0 saturated carbocycles. The lowest BCUT2D eigenvalue weighted by atomic mass is 10.1. The molecule has 1 amide bonds. The van der Waals surface area contributed by atoms with Gasteiger partial charge in [-0.25, -0.2) is 0 Å². The standard InChI is InChI=1S/C17H28N2O/c1-4-5-6-7-8-11-18-17(20)13-19-16-10-9-14(2)15(3)12-16/h9-10,12,19H,4-8,11,13H2,1-3H3,(H,18,20). The molecular weight excluding hydrogens is 248 g/mol. The van der Waals surface area contributed by atoms with E-state index in [1.165, 1.54) is 36.8 Å². The average Bonchev–Trinajstić information content (AvgIpc) is 2.44. The Morgan fingerprint density at radius 3 is 2.50 bits per heavy atom. The van der Waals surface area contributed by atoms with Gasteiger partial charge in [-0.3, -0.25) is 4.79 Å². The fourth-order valence-electron chi connectivity index (χ4n) is 2.05. The number of carbonyl (C=O) groups excluding carboxylic acids is 1. The van der Waals surface area contributed by atoms with Crippen molar-refractivity contribution in [1.29, 1.82) is 0 Å². The van der Waals surface area contributed by atoms with Gasteiger partial charge in [0.05, 0.1) is 6.54 Å². The predicted molar refractivity (Wildman–Crippen MR) is 86.2 cm³/mol. The Morgan fingerprint density at radius 1 is 1.05 bits per heavy atom. The van der Waals surface area contributed by atoms with Crippen molar-refractivity contribution in [2.45, 2.75) is 52.9 Å². The lowest BCUT2D eigenvalue weighted by Gasteiger charge is -2.09. The minimum Gasteiger partial charge on any atom is -0.376 e. The number of benzene rings is 1. The molecule has 112 valence electrons. The maximum atomic E-state index is 11.7. The maximum absolute atomic E-state index is 11.7. The van der Waals surface area contributed by atoms with Crippen LogP contribution in [0.3, 0.4) is 0 Å². The van der Waals surface area contributed by atoms with Gasteiger partial charge in [-0.05, 0) is 43.5 Å². The molecule has 0 radical (unpaired) electrons. The van der Waals surface area contributed by atoms with Gasteiger partial charge in [-0.2, -0.15) is 0 Å². The van der Waals surface area contributed by atoms with Gasteiger partial charge in [0.25, 0.3) is 0 Å². The van der Waals surface area contributed by atoms with E-state index in [4.69, 9.17) is 0 Å². The fraction of sp³-hybridized carbons (Fsp3) is 0.588. The van der Waals surface area contributed by atoms with E-state index < -0.39 is 0 Å². The van der Waals surface area contributed by atoms with Crippen LogP contribution in [-0.2, 0) is 4.79 Å². The molecule has 2 N–H and O–H groups in total.